The molecular weight excluding hydrogens is 292 g/mol. The standard InChI is InChI=1S/C13H9NOS.CH3NOS/c1-2-4-10(5-3-1)12-11(6-8-15-12)13-14-7-9-16-13;2-1(3)4/h1-9H;(H3,2,3,4). The molecule has 2 N–H and O–H groups in total. The maximum atomic E-state index is 9.09. The minimum Gasteiger partial charge on any atom is -0.464 e. The van der Waals surface area contributed by atoms with Crippen LogP contribution in [-0.2, 0) is 0 Å². The van der Waals surface area contributed by atoms with E-state index >= 15 is 0 Å². The highest BCUT2D eigenvalue weighted by Gasteiger charge is 2.12. The van der Waals surface area contributed by atoms with Crippen LogP contribution in [0.15, 0.2) is 58.7 Å². The molecule has 0 bridgehead atoms. The van der Waals surface area contributed by atoms with Gasteiger partial charge in [-0.05, 0) is 6.07 Å². The zero-order valence-electron chi connectivity index (χ0n) is 10.4. The van der Waals surface area contributed by atoms with E-state index in [1.807, 2.05) is 48.0 Å². The van der Waals surface area contributed by atoms with Crippen LogP contribution < -0.4 is 5.73 Å². The molecule has 0 radical (unpaired) electrons. The maximum Gasteiger partial charge on any atom is 0.273 e. The number of furan rings is 1. The summed E-state index contributed by atoms with van der Waals surface area (Å²) in [6.45, 7) is 0. The van der Waals surface area contributed by atoms with Gasteiger partial charge in [-0.2, -0.15) is 0 Å². The van der Waals surface area contributed by atoms with Crippen molar-refractivity contribution in [1.29, 1.82) is 0 Å². The zero-order chi connectivity index (χ0) is 14.4. The predicted octanol–water partition coefficient (Wildman–Crippen LogP) is 4.07. The Kier molecular flexibility index (Phi) is 4.97. The van der Waals surface area contributed by atoms with Crippen LogP contribution in [0.1, 0.15) is 0 Å². The number of hydrogen-bond acceptors (Lipinski definition) is 4. The van der Waals surface area contributed by atoms with Gasteiger partial charge in [-0.25, -0.2) is 4.98 Å². The topological polar surface area (TPSA) is 69.1 Å². The highest BCUT2D eigenvalue weighted by molar-refractivity contribution is 7.96. The molecule has 0 aliphatic rings. The molecule has 0 fully saturated rings. The van der Waals surface area contributed by atoms with E-state index in [1.165, 1.54) is 0 Å². The van der Waals surface area contributed by atoms with E-state index in [9.17, 15) is 0 Å². The molecule has 1 aromatic carbocycles. The molecule has 0 saturated heterocycles. The van der Waals surface area contributed by atoms with Crippen LogP contribution in [0.2, 0.25) is 0 Å². The number of thiol groups is 1. The Morgan fingerprint density at radius 1 is 1.25 bits per heavy atom. The van der Waals surface area contributed by atoms with Crippen LogP contribution in [0.4, 0.5) is 4.79 Å². The molecule has 4 nitrogen and oxygen atoms in total. The fourth-order valence-electron chi connectivity index (χ4n) is 1.65. The molecule has 0 spiro atoms. The van der Waals surface area contributed by atoms with Gasteiger partial charge in [0.15, 0.2) is 0 Å². The maximum absolute atomic E-state index is 9.09. The van der Waals surface area contributed by atoms with Crippen LogP contribution in [0, 0.1) is 0 Å². The van der Waals surface area contributed by atoms with Gasteiger partial charge < -0.3 is 10.2 Å². The molecule has 6 heteroatoms. The SMILES string of the molecule is NC(=O)S.c1ccc(-c2occc2-c2nccs2)cc1. The molecule has 0 atom stereocenters. The first-order valence-electron chi connectivity index (χ1n) is 5.69. The molecule has 2 heterocycles. The van der Waals surface area contributed by atoms with Gasteiger partial charge in [0.25, 0.3) is 5.24 Å². The summed E-state index contributed by atoms with van der Waals surface area (Å²) < 4.78 is 5.54. The summed E-state index contributed by atoms with van der Waals surface area (Å²) in [5.41, 5.74) is 6.47. The van der Waals surface area contributed by atoms with Crippen molar-refractivity contribution >= 4 is 29.2 Å². The number of aromatic nitrogens is 1. The van der Waals surface area contributed by atoms with Crippen molar-refractivity contribution in [3.05, 3.63) is 54.2 Å². The highest BCUT2D eigenvalue weighted by atomic mass is 32.1. The first-order chi connectivity index (χ1) is 9.68. The normalized spacial score (nSPS) is 9.65. The Hall–Kier alpha value is -2.05. The molecule has 1 amide bonds. The lowest BCUT2D eigenvalue weighted by molar-refractivity contribution is 0.267. The van der Waals surface area contributed by atoms with Crippen molar-refractivity contribution in [2.75, 3.05) is 0 Å². The molecule has 3 rings (SSSR count). The summed E-state index contributed by atoms with van der Waals surface area (Å²) in [5.74, 6) is 0.885. The molecule has 20 heavy (non-hydrogen) atoms. The molecule has 0 aliphatic heterocycles. The van der Waals surface area contributed by atoms with Gasteiger partial charge in [-0.1, -0.05) is 43.0 Å². The molecule has 0 saturated carbocycles. The molecule has 0 aliphatic carbocycles. The Bertz CT molecular complexity index is 660. The van der Waals surface area contributed by atoms with Crippen molar-refractivity contribution in [2.24, 2.45) is 5.73 Å². The summed E-state index contributed by atoms with van der Waals surface area (Å²) in [7, 11) is 0. The van der Waals surface area contributed by atoms with Gasteiger partial charge in [0.05, 0.1) is 11.8 Å². The number of carbonyl (C=O) groups is 1. The average Bonchev–Trinajstić information content (AvgIpc) is 3.10. The molecule has 0 unspecified atom stereocenters. The third kappa shape index (κ3) is 3.72. The van der Waals surface area contributed by atoms with Crippen LogP contribution in [0.5, 0.6) is 0 Å². The van der Waals surface area contributed by atoms with Gasteiger partial charge in [-0.15, -0.1) is 11.3 Å². The largest absolute Gasteiger partial charge is 0.464 e. The number of primary amides is 1. The van der Waals surface area contributed by atoms with E-state index in [0.29, 0.717) is 0 Å². The smallest absolute Gasteiger partial charge is 0.273 e. The van der Waals surface area contributed by atoms with Crippen LogP contribution in [-0.4, -0.2) is 10.2 Å². The van der Waals surface area contributed by atoms with Gasteiger partial charge in [0.1, 0.15) is 10.8 Å². The summed E-state index contributed by atoms with van der Waals surface area (Å²) in [6.07, 6.45) is 3.51. The van der Waals surface area contributed by atoms with Crippen molar-refractivity contribution in [2.45, 2.75) is 0 Å². The molecule has 102 valence electrons. The van der Waals surface area contributed by atoms with E-state index in [-0.39, 0.29) is 0 Å². The van der Waals surface area contributed by atoms with Crippen molar-refractivity contribution in [1.82, 2.24) is 4.98 Å². The Labute approximate surface area is 125 Å². The fourth-order valence-corrected chi connectivity index (χ4v) is 2.31. The first kappa shape index (κ1) is 14.4. The lowest BCUT2D eigenvalue weighted by atomic mass is 10.1. The van der Waals surface area contributed by atoms with E-state index in [4.69, 9.17) is 9.21 Å². The first-order valence-corrected chi connectivity index (χ1v) is 7.02. The third-order valence-corrected chi connectivity index (χ3v) is 3.17. The van der Waals surface area contributed by atoms with Crippen molar-refractivity contribution < 1.29 is 9.21 Å². The molecule has 3 aromatic rings. The second kappa shape index (κ2) is 6.93. The van der Waals surface area contributed by atoms with Gasteiger partial charge >= 0.3 is 0 Å². The average molecular weight is 304 g/mol. The summed E-state index contributed by atoms with van der Waals surface area (Å²) in [4.78, 5) is 13.4. The number of amides is 1. The Balaban J connectivity index is 0.000000328. The number of carbonyl (C=O) groups excluding carboxylic acids is 1. The van der Waals surface area contributed by atoms with Crippen LogP contribution in [0.3, 0.4) is 0 Å². The minimum atomic E-state index is -0.639. The Morgan fingerprint density at radius 2 is 1.95 bits per heavy atom. The lowest BCUT2D eigenvalue weighted by Crippen LogP contribution is -1.95. The fraction of sp³-hybridized carbons (Fsp3) is 0. The number of benzene rings is 1. The van der Waals surface area contributed by atoms with Crippen molar-refractivity contribution in [3.8, 4) is 21.9 Å². The van der Waals surface area contributed by atoms with E-state index in [0.717, 1.165) is 21.9 Å². The number of nitrogens with two attached hydrogens (primary N) is 1. The third-order valence-electron chi connectivity index (χ3n) is 2.36. The van der Waals surface area contributed by atoms with E-state index in [2.05, 4.69) is 23.3 Å². The summed E-state index contributed by atoms with van der Waals surface area (Å²) in [5, 5.41) is 2.32. The quantitative estimate of drug-likeness (QED) is 0.701. The Morgan fingerprint density at radius 3 is 2.55 bits per heavy atom. The molecular formula is C14H12N2O2S2. The number of thiazole rings is 1. The van der Waals surface area contributed by atoms with E-state index in [1.54, 1.807) is 17.6 Å². The van der Waals surface area contributed by atoms with Crippen molar-refractivity contribution in [3.63, 3.8) is 0 Å². The second-order valence-electron chi connectivity index (χ2n) is 3.70. The minimum absolute atomic E-state index is 0.639. The number of nitrogens with zero attached hydrogens (tertiary/aromatic N) is 1. The van der Waals surface area contributed by atoms with E-state index < -0.39 is 5.24 Å². The van der Waals surface area contributed by atoms with Crippen LogP contribution in [0.25, 0.3) is 21.9 Å². The highest BCUT2D eigenvalue weighted by Crippen LogP contribution is 2.33. The lowest BCUT2D eigenvalue weighted by Gasteiger charge is -1.99. The number of hydrogen-bond donors (Lipinski definition) is 2. The monoisotopic (exact) mass is 304 g/mol. The van der Waals surface area contributed by atoms with Gasteiger partial charge in [-0.3, -0.25) is 4.79 Å². The van der Waals surface area contributed by atoms with Crippen LogP contribution >= 0.6 is 24.0 Å². The number of rotatable bonds is 2. The van der Waals surface area contributed by atoms with Gasteiger partial charge in [0, 0.05) is 17.1 Å². The summed E-state index contributed by atoms with van der Waals surface area (Å²) >= 11 is 4.72. The molecule has 2 aromatic heterocycles. The zero-order valence-corrected chi connectivity index (χ0v) is 12.1. The van der Waals surface area contributed by atoms with Gasteiger partial charge in [0.2, 0.25) is 0 Å². The predicted molar refractivity (Wildman–Crippen MR) is 83.8 cm³/mol. The second-order valence-corrected chi connectivity index (χ2v) is 5.04. The summed E-state index contributed by atoms with van der Waals surface area (Å²) in [6, 6.07) is 12.0.